The molecule has 20 heavy (non-hydrogen) atoms. The number of carbonyl (C=O) groups excluding carboxylic acids is 2. The Kier molecular flexibility index (Phi) is 5.88. The van der Waals surface area contributed by atoms with Crippen molar-refractivity contribution in [1.29, 1.82) is 0 Å². The van der Waals surface area contributed by atoms with Crippen molar-refractivity contribution >= 4 is 23.8 Å². The van der Waals surface area contributed by atoms with Crippen molar-refractivity contribution in [3.63, 3.8) is 0 Å². The molecule has 0 spiro atoms. The van der Waals surface area contributed by atoms with Crippen molar-refractivity contribution in [2.75, 3.05) is 12.8 Å². The normalized spacial score (nSPS) is 10.8. The first-order chi connectivity index (χ1) is 9.30. The number of carbonyl (C=O) groups is 2. The van der Waals surface area contributed by atoms with Crippen LogP contribution in [-0.4, -0.2) is 30.5 Å². The lowest BCUT2D eigenvalue weighted by molar-refractivity contribution is -0.133. The molecule has 0 aliphatic rings. The molecule has 0 atom stereocenters. The third-order valence-electron chi connectivity index (χ3n) is 2.07. The fraction of sp³-hybridized carbons (Fsp3) is 0.429. The van der Waals surface area contributed by atoms with E-state index in [0.29, 0.717) is 5.75 Å². The largest absolute Gasteiger partial charge is 0.444 e. The Balaban J connectivity index is 2.38. The van der Waals surface area contributed by atoms with Crippen LogP contribution in [-0.2, 0) is 9.53 Å². The van der Waals surface area contributed by atoms with E-state index in [-0.39, 0.29) is 6.54 Å². The number of nitrogens with one attached hydrogen (secondary N) is 1. The van der Waals surface area contributed by atoms with E-state index in [1.165, 1.54) is 0 Å². The minimum Gasteiger partial charge on any atom is -0.444 e. The van der Waals surface area contributed by atoms with Crippen molar-refractivity contribution in [1.82, 2.24) is 5.32 Å². The van der Waals surface area contributed by atoms with Gasteiger partial charge in [0.15, 0.2) is 0 Å². The van der Waals surface area contributed by atoms with Crippen molar-refractivity contribution < 1.29 is 19.1 Å². The van der Waals surface area contributed by atoms with Gasteiger partial charge >= 0.3 is 12.1 Å². The molecule has 0 unspecified atom stereocenters. The number of rotatable bonds is 4. The summed E-state index contributed by atoms with van der Waals surface area (Å²) < 4.78 is 10.1. The maximum Gasteiger partial charge on any atom is 0.408 e. The minimum atomic E-state index is -0.646. The van der Waals surface area contributed by atoms with Gasteiger partial charge in [-0.05, 0) is 51.3 Å². The SMILES string of the molecule is CSc1ccc(OC(=O)CNC(=O)OC(C)(C)C)cc1. The van der Waals surface area contributed by atoms with Crippen LogP contribution in [0.25, 0.3) is 0 Å². The highest BCUT2D eigenvalue weighted by Gasteiger charge is 2.17. The number of ether oxygens (including phenoxy) is 2. The van der Waals surface area contributed by atoms with E-state index in [1.807, 2.05) is 18.4 Å². The molecule has 0 aromatic heterocycles. The fourth-order valence-corrected chi connectivity index (χ4v) is 1.68. The highest BCUT2D eigenvalue weighted by molar-refractivity contribution is 7.98. The van der Waals surface area contributed by atoms with Crippen LogP contribution in [0, 0.1) is 0 Å². The zero-order valence-corrected chi connectivity index (χ0v) is 12.9. The Morgan fingerprint density at radius 1 is 1.20 bits per heavy atom. The molecule has 6 heteroatoms. The zero-order valence-electron chi connectivity index (χ0n) is 12.1. The number of esters is 1. The molecule has 5 nitrogen and oxygen atoms in total. The maximum absolute atomic E-state index is 11.5. The molecule has 1 aromatic rings. The number of thioether (sulfide) groups is 1. The highest BCUT2D eigenvalue weighted by atomic mass is 32.2. The summed E-state index contributed by atoms with van der Waals surface area (Å²) >= 11 is 1.60. The van der Waals surface area contributed by atoms with Gasteiger partial charge in [0.1, 0.15) is 17.9 Å². The predicted molar refractivity (Wildman–Crippen MR) is 78.1 cm³/mol. The highest BCUT2D eigenvalue weighted by Crippen LogP contribution is 2.18. The summed E-state index contributed by atoms with van der Waals surface area (Å²) in [7, 11) is 0. The molecule has 0 saturated carbocycles. The van der Waals surface area contributed by atoms with Gasteiger partial charge in [0, 0.05) is 4.90 Å². The summed E-state index contributed by atoms with van der Waals surface area (Å²) in [4.78, 5) is 24.0. The van der Waals surface area contributed by atoms with Gasteiger partial charge in [-0.25, -0.2) is 9.59 Å². The van der Waals surface area contributed by atoms with Crippen LogP contribution in [0.2, 0.25) is 0 Å². The smallest absolute Gasteiger partial charge is 0.408 e. The number of benzene rings is 1. The molecule has 1 rings (SSSR count). The van der Waals surface area contributed by atoms with Crippen LogP contribution in [0.3, 0.4) is 0 Å². The molecule has 0 bridgehead atoms. The second-order valence-electron chi connectivity index (χ2n) is 5.01. The van der Waals surface area contributed by atoms with Gasteiger partial charge in [-0.1, -0.05) is 0 Å². The van der Waals surface area contributed by atoms with Gasteiger partial charge in [0.25, 0.3) is 0 Å². The van der Waals surface area contributed by atoms with Crippen LogP contribution in [0.15, 0.2) is 29.2 Å². The van der Waals surface area contributed by atoms with Crippen LogP contribution >= 0.6 is 11.8 Å². The standard InChI is InChI=1S/C14H19NO4S/c1-14(2,3)19-13(17)15-9-12(16)18-10-5-7-11(20-4)8-6-10/h5-8H,9H2,1-4H3,(H,15,17). The summed E-state index contributed by atoms with van der Waals surface area (Å²) in [5.41, 5.74) is -0.596. The minimum absolute atomic E-state index is 0.237. The van der Waals surface area contributed by atoms with Crippen LogP contribution in [0.1, 0.15) is 20.8 Å². The topological polar surface area (TPSA) is 64.6 Å². The Bertz CT molecular complexity index is 465. The molecule has 1 N–H and O–H groups in total. The summed E-state index contributed by atoms with van der Waals surface area (Å²) in [5.74, 6) is -0.105. The predicted octanol–water partition coefficient (Wildman–Crippen LogP) is 2.84. The monoisotopic (exact) mass is 297 g/mol. The summed E-state index contributed by atoms with van der Waals surface area (Å²) in [6.45, 7) is 5.01. The number of hydrogen-bond donors (Lipinski definition) is 1. The van der Waals surface area contributed by atoms with E-state index in [0.717, 1.165) is 4.90 Å². The average Bonchev–Trinajstić information content (AvgIpc) is 2.35. The lowest BCUT2D eigenvalue weighted by Gasteiger charge is -2.19. The van der Waals surface area contributed by atoms with Gasteiger partial charge in [-0.15, -0.1) is 11.8 Å². The lowest BCUT2D eigenvalue weighted by Crippen LogP contribution is -2.36. The van der Waals surface area contributed by atoms with Crippen molar-refractivity contribution in [3.05, 3.63) is 24.3 Å². The molecule has 110 valence electrons. The van der Waals surface area contributed by atoms with Crippen molar-refractivity contribution in [2.24, 2.45) is 0 Å². The molecule has 1 aromatic carbocycles. The van der Waals surface area contributed by atoms with E-state index in [4.69, 9.17) is 9.47 Å². The molecule has 0 aliphatic heterocycles. The van der Waals surface area contributed by atoms with Crippen molar-refractivity contribution in [3.8, 4) is 5.75 Å². The zero-order chi connectivity index (χ0) is 15.2. The van der Waals surface area contributed by atoms with Crippen LogP contribution in [0.4, 0.5) is 4.79 Å². The number of hydrogen-bond acceptors (Lipinski definition) is 5. The van der Waals surface area contributed by atoms with Gasteiger partial charge in [-0.2, -0.15) is 0 Å². The third-order valence-corrected chi connectivity index (χ3v) is 2.81. The summed E-state index contributed by atoms with van der Waals surface area (Å²) in [5, 5.41) is 2.34. The van der Waals surface area contributed by atoms with Crippen molar-refractivity contribution in [2.45, 2.75) is 31.3 Å². The summed E-state index contributed by atoms with van der Waals surface area (Å²) in [6.07, 6.45) is 1.32. The van der Waals surface area contributed by atoms with E-state index in [1.54, 1.807) is 44.7 Å². The number of alkyl carbamates (subject to hydrolysis) is 1. The summed E-state index contributed by atoms with van der Waals surface area (Å²) in [6, 6.07) is 7.12. The quantitative estimate of drug-likeness (QED) is 0.526. The Morgan fingerprint density at radius 2 is 1.80 bits per heavy atom. The second kappa shape index (κ2) is 7.19. The van der Waals surface area contributed by atoms with E-state index in [2.05, 4.69) is 5.32 Å². The molecule has 0 fully saturated rings. The Morgan fingerprint density at radius 3 is 2.30 bits per heavy atom. The van der Waals surface area contributed by atoms with Gasteiger partial charge in [0.05, 0.1) is 0 Å². The molecule has 0 heterocycles. The molecular weight excluding hydrogens is 278 g/mol. The Labute approximate surface area is 123 Å². The van der Waals surface area contributed by atoms with Crippen LogP contribution < -0.4 is 10.1 Å². The molecule has 1 amide bonds. The van der Waals surface area contributed by atoms with Gasteiger partial charge in [-0.3, -0.25) is 0 Å². The molecule has 0 radical (unpaired) electrons. The fourth-order valence-electron chi connectivity index (χ4n) is 1.27. The molecular formula is C14H19NO4S. The first-order valence-electron chi connectivity index (χ1n) is 6.12. The average molecular weight is 297 g/mol. The first-order valence-corrected chi connectivity index (χ1v) is 7.34. The number of amides is 1. The third kappa shape index (κ3) is 6.47. The van der Waals surface area contributed by atoms with Gasteiger partial charge in [0.2, 0.25) is 0 Å². The van der Waals surface area contributed by atoms with Crippen LogP contribution in [0.5, 0.6) is 5.75 Å². The molecule has 0 saturated heterocycles. The first kappa shape index (κ1) is 16.4. The van der Waals surface area contributed by atoms with E-state index >= 15 is 0 Å². The second-order valence-corrected chi connectivity index (χ2v) is 5.88. The van der Waals surface area contributed by atoms with Gasteiger partial charge < -0.3 is 14.8 Å². The van der Waals surface area contributed by atoms with E-state index in [9.17, 15) is 9.59 Å². The van der Waals surface area contributed by atoms with E-state index < -0.39 is 17.7 Å². The Hall–Kier alpha value is -1.69. The lowest BCUT2D eigenvalue weighted by atomic mass is 10.2. The molecule has 0 aliphatic carbocycles. The maximum atomic E-state index is 11.5.